The number of nitrogens with zero attached hydrogens (tertiary/aromatic N) is 2. The van der Waals surface area contributed by atoms with Crippen molar-refractivity contribution in [1.29, 1.82) is 0 Å². The lowest BCUT2D eigenvalue weighted by atomic mass is 10.3. The molecule has 19 heavy (non-hydrogen) atoms. The summed E-state index contributed by atoms with van der Waals surface area (Å²) < 4.78 is 6.84. The van der Waals surface area contributed by atoms with E-state index in [1.54, 1.807) is 19.4 Å². The van der Waals surface area contributed by atoms with Crippen LogP contribution in [0.4, 0.5) is 11.5 Å². The van der Waals surface area contributed by atoms with Crippen LogP contribution in [-0.4, -0.2) is 22.7 Å². The van der Waals surface area contributed by atoms with Crippen LogP contribution in [-0.2, 0) is 7.05 Å². The first-order valence-corrected chi connectivity index (χ1v) is 5.92. The van der Waals surface area contributed by atoms with Gasteiger partial charge in [-0.25, -0.2) is 4.98 Å². The number of ether oxygens (including phenoxy) is 1. The minimum atomic E-state index is -0.175. The van der Waals surface area contributed by atoms with Crippen molar-refractivity contribution in [2.75, 3.05) is 18.5 Å². The average Bonchev–Trinajstić information content (AvgIpc) is 2.43. The molecule has 0 fully saturated rings. The van der Waals surface area contributed by atoms with Crippen LogP contribution in [0, 0.1) is 0 Å². The maximum Gasteiger partial charge on any atom is 0.293 e. The Labute approximate surface area is 110 Å². The van der Waals surface area contributed by atoms with Crippen LogP contribution in [0.3, 0.4) is 0 Å². The van der Waals surface area contributed by atoms with Crippen molar-refractivity contribution >= 4 is 11.5 Å². The van der Waals surface area contributed by atoms with Crippen LogP contribution >= 0.6 is 0 Å². The molecule has 0 aliphatic heterocycles. The molecule has 100 valence electrons. The molecule has 1 aromatic heterocycles. The van der Waals surface area contributed by atoms with Crippen molar-refractivity contribution in [1.82, 2.24) is 9.55 Å². The van der Waals surface area contributed by atoms with Crippen molar-refractivity contribution in [3.63, 3.8) is 0 Å². The van der Waals surface area contributed by atoms with Crippen LogP contribution in [0.2, 0.25) is 0 Å². The fourth-order valence-corrected chi connectivity index (χ4v) is 1.53. The van der Waals surface area contributed by atoms with E-state index in [1.165, 1.54) is 4.57 Å². The summed E-state index contributed by atoms with van der Waals surface area (Å²) in [6, 6.07) is 7.26. The van der Waals surface area contributed by atoms with E-state index in [1.807, 2.05) is 24.3 Å². The van der Waals surface area contributed by atoms with Gasteiger partial charge in [-0.05, 0) is 24.3 Å². The molecular weight excluding hydrogens is 244 g/mol. The summed E-state index contributed by atoms with van der Waals surface area (Å²) in [6.07, 6.45) is 3.18. The fourth-order valence-electron chi connectivity index (χ4n) is 1.53. The molecule has 0 spiro atoms. The Morgan fingerprint density at radius 2 is 2.11 bits per heavy atom. The van der Waals surface area contributed by atoms with E-state index in [-0.39, 0.29) is 5.56 Å². The van der Waals surface area contributed by atoms with E-state index < -0.39 is 0 Å². The molecule has 2 rings (SSSR count). The quantitative estimate of drug-likeness (QED) is 0.833. The summed E-state index contributed by atoms with van der Waals surface area (Å²) in [5.41, 5.74) is 5.96. The van der Waals surface area contributed by atoms with E-state index in [0.29, 0.717) is 19.0 Å². The Bertz CT molecular complexity index is 592. The minimum absolute atomic E-state index is 0.175. The summed E-state index contributed by atoms with van der Waals surface area (Å²) >= 11 is 0. The third kappa shape index (κ3) is 3.32. The first kappa shape index (κ1) is 13.1. The van der Waals surface area contributed by atoms with Gasteiger partial charge in [-0.15, -0.1) is 0 Å². The summed E-state index contributed by atoms with van der Waals surface area (Å²) in [7, 11) is 1.68. The summed E-state index contributed by atoms with van der Waals surface area (Å²) in [5.74, 6) is 1.03. The Balaban J connectivity index is 2.11. The molecule has 0 atom stereocenters. The van der Waals surface area contributed by atoms with Gasteiger partial charge in [0.2, 0.25) is 0 Å². The number of anilines is 2. The van der Waals surface area contributed by atoms with Crippen LogP contribution in [0.25, 0.3) is 0 Å². The van der Waals surface area contributed by atoms with Crippen molar-refractivity contribution in [2.24, 2.45) is 12.8 Å². The minimum Gasteiger partial charge on any atom is -0.492 e. The Morgan fingerprint density at radius 3 is 2.79 bits per heavy atom. The first-order valence-electron chi connectivity index (χ1n) is 5.92. The Kier molecular flexibility index (Phi) is 4.15. The second kappa shape index (κ2) is 6.01. The largest absolute Gasteiger partial charge is 0.492 e. The van der Waals surface area contributed by atoms with E-state index in [2.05, 4.69) is 10.3 Å². The zero-order valence-electron chi connectivity index (χ0n) is 10.7. The lowest BCUT2D eigenvalue weighted by molar-refractivity contribution is 0.328. The second-order valence-corrected chi connectivity index (χ2v) is 3.98. The lowest BCUT2D eigenvalue weighted by Crippen LogP contribution is -2.20. The van der Waals surface area contributed by atoms with Gasteiger partial charge in [0.05, 0.1) is 0 Å². The van der Waals surface area contributed by atoms with Crippen LogP contribution < -0.4 is 21.3 Å². The molecule has 2 aromatic rings. The smallest absolute Gasteiger partial charge is 0.293 e. The van der Waals surface area contributed by atoms with Gasteiger partial charge in [-0.1, -0.05) is 0 Å². The number of benzene rings is 1. The molecule has 0 bridgehead atoms. The molecular formula is C13H16N4O2. The molecule has 0 saturated carbocycles. The molecule has 0 amide bonds. The normalized spacial score (nSPS) is 10.2. The summed E-state index contributed by atoms with van der Waals surface area (Å²) in [6.45, 7) is 0.956. The molecule has 0 saturated heterocycles. The van der Waals surface area contributed by atoms with E-state index >= 15 is 0 Å². The van der Waals surface area contributed by atoms with E-state index in [0.717, 1.165) is 11.4 Å². The SMILES string of the molecule is Cn1ccnc(Nc2ccc(OCCN)cc2)c1=O. The van der Waals surface area contributed by atoms with Gasteiger partial charge < -0.3 is 20.4 Å². The molecule has 0 unspecified atom stereocenters. The van der Waals surface area contributed by atoms with E-state index in [4.69, 9.17) is 10.5 Å². The van der Waals surface area contributed by atoms with Gasteiger partial charge >= 0.3 is 0 Å². The standard InChI is InChI=1S/C13H16N4O2/c1-17-8-7-15-12(13(17)18)16-10-2-4-11(5-3-10)19-9-6-14/h2-5,7-8H,6,9,14H2,1H3,(H,15,16). The second-order valence-electron chi connectivity index (χ2n) is 3.98. The molecule has 3 N–H and O–H groups in total. The Hall–Kier alpha value is -2.34. The average molecular weight is 260 g/mol. The molecule has 1 heterocycles. The molecule has 0 aliphatic rings. The molecule has 0 aliphatic carbocycles. The number of hydrogen-bond donors (Lipinski definition) is 2. The maximum absolute atomic E-state index is 11.8. The highest BCUT2D eigenvalue weighted by molar-refractivity contribution is 5.56. The predicted octanol–water partition coefficient (Wildman–Crippen LogP) is 0.861. The van der Waals surface area contributed by atoms with Gasteiger partial charge in [-0.2, -0.15) is 0 Å². The van der Waals surface area contributed by atoms with Crippen molar-refractivity contribution in [3.05, 3.63) is 47.0 Å². The van der Waals surface area contributed by atoms with Gasteiger partial charge in [0.25, 0.3) is 5.56 Å². The molecule has 6 heteroatoms. The first-order chi connectivity index (χ1) is 9.20. The number of aromatic nitrogens is 2. The van der Waals surface area contributed by atoms with Gasteiger partial charge in [0, 0.05) is 31.7 Å². The highest BCUT2D eigenvalue weighted by atomic mass is 16.5. The highest BCUT2D eigenvalue weighted by Gasteiger charge is 2.03. The third-order valence-corrected chi connectivity index (χ3v) is 2.52. The van der Waals surface area contributed by atoms with Gasteiger partial charge in [-0.3, -0.25) is 4.79 Å². The zero-order valence-corrected chi connectivity index (χ0v) is 10.7. The van der Waals surface area contributed by atoms with Crippen molar-refractivity contribution in [2.45, 2.75) is 0 Å². The van der Waals surface area contributed by atoms with Crippen molar-refractivity contribution in [3.8, 4) is 5.75 Å². The predicted molar refractivity (Wildman–Crippen MR) is 73.8 cm³/mol. The van der Waals surface area contributed by atoms with E-state index in [9.17, 15) is 4.79 Å². The molecule has 0 radical (unpaired) electrons. The fraction of sp³-hybridized carbons (Fsp3) is 0.231. The van der Waals surface area contributed by atoms with Crippen LogP contribution in [0.15, 0.2) is 41.5 Å². The topological polar surface area (TPSA) is 82.2 Å². The van der Waals surface area contributed by atoms with Crippen LogP contribution in [0.5, 0.6) is 5.75 Å². The summed E-state index contributed by atoms with van der Waals surface area (Å²) in [5, 5.41) is 2.97. The molecule has 1 aromatic carbocycles. The van der Waals surface area contributed by atoms with Gasteiger partial charge in [0.15, 0.2) is 5.82 Å². The number of nitrogens with two attached hydrogens (primary N) is 1. The number of nitrogens with one attached hydrogen (secondary N) is 1. The van der Waals surface area contributed by atoms with Crippen LogP contribution in [0.1, 0.15) is 0 Å². The lowest BCUT2D eigenvalue weighted by Gasteiger charge is -2.08. The Morgan fingerprint density at radius 1 is 1.37 bits per heavy atom. The van der Waals surface area contributed by atoms with Gasteiger partial charge in [0.1, 0.15) is 12.4 Å². The molecule has 6 nitrogen and oxygen atoms in total. The number of hydrogen-bond acceptors (Lipinski definition) is 5. The highest BCUT2D eigenvalue weighted by Crippen LogP contribution is 2.17. The maximum atomic E-state index is 11.8. The zero-order chi connectivity index (χ0) is 13.7. The monoisotopic (exact) mass is 260 g/mol. The summed E-state index contributed by atoms with van der Waals surface area (Å²) in [4.78, 5) is 15.8. The number of aryl methyl sites for hydroxylation is 1. The number of rotatable bonds is 5. The van der Waals surface area contributed by atoms with Crippen molar-refractivity contribution < 1.29 is 4.74 Å². The third-order valence-electron chi connectivity index (χ3n) is 2.52.